The van der Waals surface area contributed by atoms with Crippen molar-refractivity contribution in [2.75, 3.05) is 0 Å². The van der Waals surface area contributed by atoms with Gasteiger partial charge in [-0.25, -0.2) is 0 Å². The second-order valence-corrected chi connectivity index (χ2v) is 20.2. The fourth-order valence-corrected chi connectivity index (χ4v) is 18.5. The molecule has 1 aliphatic heterocycles. The van der Waals surface area contributed by atoms with Gasteiger partial charge in [-0.2, -0.15) is 0 Å². The first-order valence-corrected chi connectivity index (χ1v) is 19.2. The Bertz CT molecular complexity index is 1480. The van der Waals surface area contributed by atoms with Crippen LogP contribution in [0.5, 0.6) is 0 Å². The van der Waals surface area contributed by atoms with Crippen molar-refractivity contribution in [2.45, 2.75) is 113 Å². The molecule has 2 aliphatic carbocycles. The molecule has 0 unspecified atom stereocenters. The highest BCUT2D eigenvalue weighted by molar-refractivity contribution is 7.76. The summed E-state index contributed by atoms with van der Waals surface area (Å²) in [6.07, 6.45) is 16.0. The van der Waals surface area contributed by atoms with E-state index in [0.29, 0.717) is 5.16 Å². The van der Waals surface area contributed by atoms with E-state index < -0.39 is 0 Å². The van der Waals surface area contributed by atoms with Crippen LogP contribution < -0.4 is 0 Å². The maximum absolute atomic E-state index is 2.64. The molecule has 2 fully saturated rings. The summed E-state index contributed by atoms with van der Waals surface area (Å²) in [4.78, 5) is 0. The van der Waals surface area contributed by atoms with Gasteiger partial charge in [0.05, 0.1) is 0 Å². The third kappa shape index (κ3) is 4.87. The van der Waals surface area contributed by atoms with Crippen molar-refractivity contribution in [3.05, 3.63) is 83.9 Å². The molecule has 0 nitrogen and oxygen atoms in total. The Morgan fingerprint density at radius 1 is 0.600 bits per heavy atom. The van der Waals surface area contributed by atoms with Crippen LogP contribution in [0.4, 0.5) is 0 Å². The summed E-state index contributed by atoms with van der Waals surface area (Å²) in [5.41, 5.74) is 8.43. The van der Waals surface area contributed by atoms with E-state index in [1.807, 2.05) is 0 Å². The smallest absolute Gasteiger partial charge is 0.0262 e. The van der Waals surface area contributed by atoms with E-state index in [0.717, 1.165) is 16.7 Å². The second-order valence-electron chi connectivity index (χ2n) is 13.8. The predicted molar refractivity (Wildman–Crippen MR) is 181 cm³/mol. The molecule has 0 aromatic heterocycles. The van der Waals surface area contributed by atoms with Gasteiger partial charge in [-0.05, 0) is 92.1 Å². The number of fused-ring (bicyclic) bond motifs is 7. The molecule has 2 saturated carbocycles. The molecule has 0 radical (unpaired) electrons. The van der Waals surface area contributed by atoms with Crippen LogP contribution in [0.2, 0.25) is 0 Å². The lowest BCUT2D eigenvalue weighted by Gasteiger charge is -2.49. The molecule has 40 heavy (non-hydrogen) atoms. The third-order valence-corrected chi connectivity index (χ3v) is 18.7. The summed E-state index contributed by atoms with van der Waals surface area (Å²) in [5, 5.41) is 6.79. The number of hydrogen-bond acceptors (Lipinski definition) is 0. The van der Waals surface area contributed by atoms with Gasteiger partial charge in [-0.15, -0.1) is 0 Å². The zero-order valence-electron chi connectivity index (χ0n) is 24.8. The molecule has 4 aromatic rings. The topological polar surface area (TPSA) is 0 Å². The molecule has 0 saturated heterocycles. The summed E-state index contributed by atoms with van der Waals surface area (Å²) in [6, 6.07) is 28.6. The van der Waals surface area contributed by atoms with Gasteiger partial charge in [0, 0.05) is 5.40 Å². The van der Waals surface area contributed by atoms with Crippen molar-refractivity contribution in [2.24, 2.45) is 0 Å². The minimum atomic E-state index is -0.247. The van der Waals surface area contributed by atoms with E-state index in [1.54, 1.807) is 22.3 Å². The van der Waals surface area contributed by atoms with E-state index in [2.05, 4.69) is 93.6 Å². The first-order valence-electron chi connectivity index (χ1n) is 16.1. The zero-order chi connectivity index (χ0) is 27.3. The lowest BCUT2D eigenvalue weighted by atomic mass is 9.88. The van der Waals surface area contributed by atoms with E-state index in [9.17, 15) is 0 Å². The van der Waals surface area contributed by atoms with Crippen LogP contribution in [0.3, 0.4) is 0 Å². The average Bonchev–Trinajstić information content (AvgIpc) is 3.14. The lowest BCUT2D eigenvalue weighted by molar-refractivity contribution is 0.483. The molecule has 2 heteroatoms. The summed E-state index contributed by atoms with van der Waals surface area (Å²) in [5.74, 6) is 0. The lowest BCUT2D eigenvalue weighted by Crippen LogP contribution is -2.26. The highest BCUT2D eigenvalue weighted by Crippen LogP contribution is 2.80. The molecular formula is C38H46P2. The van der Waals surface area contributed by atoms with Gasteiger partial charge < -0.3 is 0 Å². The molecule has 4 aromatic carbocycles. The number of rotatable bonds is 3. The Morgan fingerprint density at radius 3 is 1.70 bits per heavy atom. The second kappa shape index (κ2) is 11.2. The molecule has 0 N–H and O–H groups in total. The predicted octanol–water partition coefficient (Wildman–Crippen LogP) is 12.6. The van der Waals surface area contributed by atoms with Gasteiger partial charge in [0.2, 0.25) is 0 Å². The van der Waals surface area contributed by atoms with Crippen LogP contribution in [0.25, 0.3) is 32.7 Å². The van der Waals surface area contributed by atoms with Crippen LogP contribution in [0.15, 0.2) is 72.8 Å². The Kier molecular flexibility index (Phi) is 7.56. The van der Waals surface area contributed by atoms with Crippen molar-refractivity contribution in [1.29, 1.82) is 0 Å². The summed E-state index contributed by atoms with van der Waals surface area (Å²) in [7, 11) is -0.342. The van der Waals surface area contributed by atoms with Gasteiger partial charge in [0.25, 0.3) is 0 Å². The first kappa shape index (κ1) is 27.1. The van der Waals surface area contributed by atoms with Gasteiger partial charge in [-0.3, -0.25) is 0 Å². The zero-order valence-corrected chi connectivity index (χ0v) is 26.6. The van der Waals surface area contributed by atoms with Crippen molar-refractivity contribution < 1.29 is 0 Å². The molecular weight excluding hydrogens is 518 g/mol. The maximum Gasteiger partial charge on any atom is 0.0262 e. The fourth-order valence-electron chi connectivity index (χ4n) is 8.35. The Morgan fingerprint density at radius 2 is 1.12 bits per heavy atom. The van der Waals surface area contributed by atoms with E-state index in [4.69, 9.17) is 0 Å². The van der Waals surface area contributed by atoms with Crippen molar-refractivity contribution in [1.82, 2.24) is 0 Å². The summed E-state index contributed by atoms with van der Waals surface area (Å²) >= 11 is 0. The molecule has 208 valence electrons. The van der Waals surface area contributed by atoms with Crippen molar-refractivity contribution in [3.8, 4) is 11.1 Å². The van der Waals surface area contributed by atoms with Crippen LogP contribution in [0.1, 0.15) is 102 Å². The van der Waals surface area contributed by atoms with Crippen LogP contribution in [-0.4, -0.2) is 16.5 Å². The highest BCUT2D eigenvalue weighted by atomic mass is 31.2. The number of benzene rings is 4. The average molecular weight is 565 g/mol. The minimum absolute atomic E-state index is 0.0947. The number of hydrogen-bond donors (Lipinski definition) is 0. The van der Waals surface area contributed by atoms with Gasteiger partial charge >= 0.3 is 0 Å². The highest BCUT2D eigenvalue weighted by Gasteiger charge is 2.46. The monoisotopic (exact) mass is 564 g/mol. The molecule has 2 atom stereocenters. The standard InChI is InChI=1S/C38H46P2/c1-38(2,3)39-26-29-23-22-27-14-10-12-20-32(27)35(29)36-33-21-13-11-15-28(33)24-25-34(36)37(39)40(30-16-6-4-7-17-30)31-18-8-5-9-19-31/h10-15,20-25,30-31,37H,4-9,16-19,26H2,1-3H3/t37-,39+/m0/s1. The summed E-state index contributed by atoms with van der Waals surface area (Å²) in [6.45, 7) is 7.77. The quantitative estimate of drug-likeness (QED) is 0.217. The molecule has 7 rings (SSSR count). The van der Waals surface area contributed by atoms with Gasteiger partial charge in [-0.1, -0.05) is 148 Å². The van der Waals surface area contributed by atoms with E-state index >= 15 is 0 Å². The van der Waals surface area contributed by atoms with E-state index in [-0.39, 0.29) is 15.8 Å². The fraction of sp³-hybridized carbons (Fsp3) is 0.474. The Hall–Kier alpha value is -1.74. The minimum Gasteiger partial charge on any atom is -0.0881 e. The van der Waals surface area contributed by atoms with Gasteiger partial charge in [0.1, 0.15) is 0 Å². The SMILES string of the molecule is CC(C)(C)[P@]1Cc2ccc3ccccc3c2-c2c(ccc3ccccc23)[C@@H]1P(C1CCCCC1)C1CCCCC1. The maximum atomic E-state index is 2.64. The first-order chi connectivity index (χ1) is 19.5. The molecule has 1 heterocycles. The van der Waals surface area contributed by atoms with Crippen molar-refractivity contribution in [3.63, 3.8) is 0 Å². The molecule has 0 amide bonds. The molecule has 0 spiro atoms. The third-order valence-electron chi connectivity index (χ3n) is 10.3. The Labute approximate surface area is 244 Å². The molecule has 0 bridgehead atoms. The normalized spacial score (nSPS) is 22.8. The van der Waals surface area contributed by atoms with Gasteiger partial charge in [0.15, 0.2) is 0 Å². The van der Waals surface area contributed by atoms with Crippen LogP contribution >= 0.6 is 15.8 Å². The largest absolute Gasteiger partial charge is 0.0881 e. The van der Waals surface area contributed by atoms with Crippen LogP contribution in [-0.2, 0) is 6.16 Å². The Balaban J connectivity index is 1.55. The van der Waals surface area contributed by atoms with E-state index in [1.165, 1.54) is 91.9 Å². The summed E-state index contributed by atoms with van der Waals surface area (Å²) < 4.78 is 0. The molecule has 3 aliphatic rings. The van der Waals surface area contributed by atoms with Crippen LogP contribution in [0, 0.1) is 0 Å². The van der Waals surface area contributed by atoms with Crippen molar-refractivity contribution >= 4 is 37.4 Å².